The highest BCUT2D eigenvalue weighted by Crippen LogP contribution is 2.38. The third-order valence-electron chi connectivity index (χ3n) is 7.07. The van der Waals surface area contributed by atoms with Crippen molar-refractivity contribution in [2.24, 2.45) is 11.5 Å². The molecule has 9 nitrogen and oxygen atoms in total. The molecular formula is C29H37N5O4. The predicted molar refractivity (Wildman–Crippen MR) is 149 cm³/mol. The van der Waals surface area contributed by atoms with Crippen molar-refractivity contribution < 1.29 is 19.1 Å². The Morgan fingerprint density at radius 3 is 2.37 bits per heavy atom. The van der Waals surface area contributed by atoms with E-state index in [9.17, 15) is 9.59 Å². The summed E-state index contributed by atoms with van der Waals surface area (Å²) in [6, 6.07) is 9.48. The summed E-state index contributed by atoms with van der Waals surface area (Å²) in [5.74, 6) is 0.433. The number of benzene rings is 2. The second-order valence-corrected chi connectivity index (χ2v) is 9.56. The van der Waals surface area contributed by atoms with E-state index in [4.69, 9.17) is 20.9 Å². The summed E-state index contributed by atoms with van der Waals surface area (Å²) < 4.78 is 11.6. The Morgan fingerprint density at radius 2 is 1.74 bits per heavy atom. The van der Waals surface area contributed by atoms with E-state index in [0.717, 1.165) is 29.7 Å². The number of fused-ring (bicyclic) bond motifs is 1. The summed E-state index contributed by atoms with van der Waals surface area (Å²) >= 11 is 0. The molecule has 0 atom stereocenters. The van der Waals surface area contributed by atoms with Gasteiger partial charge in [-0.1, -0.05) is 31.9 Å². The molecule has 3 aromatic rings. The zero-order valence-electron chi connectivity index (χ0n) is 22.4. The third-order valence-corrected chi connectivity index (χ3v) is 7.07. The van der Waals surface area contributed by atoms with Crippen molar-refractivity contribution in [1.29, 1.82) is 0 Å². The van der Waals surface area contributed by atoms with E-state index >= 15 is 0 Å². The van der Waals surface area contributed by atoms with Gasteiger partial charge in [0.2, 0.25) is 5.91 Å². The number of nitrogens with zero attached hydrogens (tertiary/aromatic N) is 1. The summed E-state index contributed by atoms with van der Waals surface area (Å²) in [5.41, 5.74) is 15.5. The van der Waals surface area contributed by atoms with E-state index in [1.165, 1.54) is 6.20 Å². The van der Waals surface area contributed by atoms with Crippen molar-refractivity contribution in [3.63, 3.8) is 0 Å². The maximum Gasteiger partial charge on any atom is 0.252 e. The fourth-order valence-electron chi connectivity index (χ4n) is 5.11. The number of anilines is 2. The molecule has 6 N–H and O–H groups in total. The number of hydrogen-bond donors (Lipinski definition) is 4. The van der Waals surface area contributed by atoms with E-state index in [1.807, 2.05) is 38.1 Å². The van der Waals surface area contributed by atoms with Gasteiger partial charge in [-0.25, -0.2) is 0 Å². The molecule has 1 saturated carbocycles. The predicted octanol–water partition coefficient (Wildman–Crippen LogP) is 4.32. The quantitative estimate of drug-likeness (QED) is 0.295. The maximum absolute atomic E-state index is 12.8. The Kier molecular flexibility index (Phi) is 8.36. The molecule has 0 aliphatic heterocycles. The Balaban J connectivity index is 1.73. The zero-order valence-corrected chi connectivity index (χ0v) is 22.4. The van der Waals surface area contributed by atoms with Crippen LogP contribution >= 0.6 is 0 Å². The lowest BCUT2D eigenvalue weighted by Crippen LogP contribution is -2.51. The van der Waals surface area contributed by atoms with E-state index in [1.54, 1.807) is 6.07 Å². The fraction of sp³-hybridized carbons (Fsp3) is 0.414. The van der Waals surface area contributed by atoms with E-state index in [0.29, 0.717) is 67.1 Å². The van der Waals surface area contributed by atoms with Gasteiger partial charge in [0.25, 0.3) is 5.91 Å². The van der Waals surface area contributed by atoms with Crippen molar-refractivity contribution in [1.82, 2.24) is 10.3 Å². The molecule has 0 spiro atoms. The molecule has 2 amide bonds. The van der Waals surface area contributed by atoms with Crippen LogP contribution in [0, 0.1) is 0 Å². The summed E-state index contributed by atoms with van der Waals surface area (Å²) in [4.78, 5) is 29.7. The van der Waals surface area contributed by atoms with Gasteiger partial charge in [0, 0.05) is 29.9 Å². The van der Waals surface area contributed by atoms with Crippen LogP contribution in [0.25, 0.3) is 10.9 Å². The van der Waals surface area contributed by atoms with Crippen LogP contribution in [0.3, 0.4) is 0 Å². The number of amides is 2. The van der Waals surface area contributed by atoms with Crippen LogP contribution in [0.15, 0.2) is 36.5 Å². The van der Waals surface area contributed by atoms with Gasteiger partial charge in [-0.15, -0.1) is 0 Å². The van der Waals surface area contributed by atoms with Crippen LogP contribution in [-0.2, 0) is 17.8 Å². The first-order valence-corrected chi connectivity index (χ1v) is 13.3. The number of aromatic nitrogens is 1. The Morgan fingerprint density at radius 1 is 1.05 bits per heavy atom. The topological polar surface area (TPSA) is 142 Å². The number of carbonyl (C=O) groups excluding carboxylic acids is 2. The van der Waals surface area contributed by atoms with Gasteiger partial charge < -0.3 is 31.6 Å². The van der Waals surface area contributed by atoms with Crippen LogP contribution in [0.5, 0.6) is 11.5 Å². The molecule has 0 radical (unpaired) electrons. The SMILES string of the molecule is CCOc1cc2ncc(C(N)=O)c(Nc3cccc(CNC(=O)C4(N)CCCC4)c3CC)c2cc1OCC. The van der Waals surface area contributed by atoms with Crippen molar-refractivity contribution in [2.75, 3.05) is 18.5 Å². The minimum atomic E-state index is -0.785. The first kappa shape index (κ1) is 27.2. The molecule has 0 saturated heterocycles. The molecule has 1 aromatic heterocycles. The van der Waals surface area contributed by atoms with Gasteiger partial charge in [-0.3, -0.25) is 14.6 Å². The lowest BCUT2D eigenvalue weighted by Gasteiger charge is -2.23. The number of carbonyl (C=O) groups is 2. The van der Waals surface area contributed by atoms with Crippen molar-refractivity contribution >= 4 is 34.1 Å². The lowest BCUT2D eigenvalue weighted by atomic mass is 9.97. The second-order valence-electron chi connectivity index (χ2n) is 9.56. The minimum absolute atomic E-state index is 0.111. The number of nitrogens with two attached hydrogens (primary N) is 2. The smallest absolute Gasteiger partial charge is 0.252 e. The zero-order chi connectivity index (χ0) is 27.3. The standard InChI is InChI=1S/C29H37N5O4/c1-4-19-18(16-33-28(36)29(31)12-7-8-13-29)10-9-11-22(19)34-26-20-14-24(37-5-2)25(38-6-3)15-23(20)32-17-21(26)27(30)35/h9-11,14-15,17H,4-8,12-13,16,31H2,1-3H3,(H2,30,35)(H,32,34)(H,33,36). The highest BCUT2D eigenvalue weighted by molar-refractivity contribution is 6.08. The highest BCUT2D eigenvalue weighted by atomic mass is 16.5. The molecule has 9 heteroatoms. The van der Waals surface area contributed by atoms with Crippen LogP contribution < -0.4 is 31.6 Å². The van der Waals surface area contributed by atoms with E-state index in [2.05, 4.69) is 22.5 Å². The van der Waals surface area contributed by atoms with Crippen LogP contribution in [-0.4, -0.2) is 35.6 Å². The fourth-order valence-corrected chi connectivity index (χ4v) is 5.11. The van der Waals surface area contributed by atoms with Crippen LogP contribution in [0.2, 0.25) is 0 Å². The highest BCUT2D eigenvalue weighted by Gasteiger charge is 2.36. The summed E-state index contributed by atoms with van der Waals surface area (Å²) in [7, 11) is 0. The molecule has 0 bridgehead atoms. The second kappa shape index (κ2) is 11.7. The van der Waals surface area contributed by atoms with Gasteiger partial charge in [0.15, 0.2) is 11.5 Å². The maximum atomic E-state index is 12.8. The summed E-state index contributed by atoms with van der Waals surface area (Å²) in [5, 5.41) is 7.17. The van der Waals surface area contributed by atoms with Gasteiger partial charge in [0.05, 0.1) is 35.5 Å². The Labute approximate surface area is 223 Å². The van der Waals surface area contributed by atoms with Crippen LogP contribution in [0.4, 0.5) is 11.4 Å². The van der Waals surface area contributed by atoms with E-state index in [-0.39, 0.29) is 11.5 Å². The van der Waals surface area contributed by atoms with Gasteiger partial charge in [-0.2, -0.15) is 0 Å². The number of hydrogen-bond acceptors (Lipinski definition) is 7. The van der Waals surface area contributed by atoms with Crippen molar-refractivity contribution in [2.45, 2.75) is 65.0 Å². The third kappa shape index (κ3) is 5.52. The molecule has 1 aliphatic rings. The number of primary amides is 1. The molecule has 38 heavy (non-hydrogen) atoms. The molecule has 1 aliphatic carbocycles. The summed E-state index contributed by atoms with van der Waals surface area (Å²) in [6.07, 6.45) is 5.55. The number of rotatable bonds is 11. The largest absolute Gasteiger partial charge is 0.490 e. The Hall–Kier alpha value is -3.85. The first-order valence-electron chi connectivity index (χ1n) is 13.3. The van der Waals surface area contributed by atoms with Gasteiger partial charge >= 0.3 is 0 Å². The minimum Gasteiger partial charge on any atom is -0.490 e. The van der Waals surface area contributed by atoms with Gasteiger partial charge in [-0.05, 0) is 56.4 Å². The first-order chi connectivity index (χ1) is 18.3. The molecule has 4 rings (SSSR count). The molecule has 0 unspecified atom stereocenters. The monoisotopic (exact) mass is 519 g/mol. The Bertz CT molecular complexity index is 1330. The molecular weight excluding hydrogens is 482 g/mol. The van der Waals surface area contributed by atoms with Crippen LogP contribution in [0.1, 0.15) is 67.9 Å². The average molecular weight is 520 g/mol. The molecule has 1 fully saturated rings. The molecule has 202 valence electrons. The van der Waals surface area contributed by atoms with Crippen molar-refractivity contribution in [3.8, 4) is 11.5 Å². The molecule has 1 heterocycles. The molecule has 2 aromatic carbocycles. The normalized spacial score (nSPS) is 14.3. The average Bonchev–Trinajstić information content (AvgIpc) is 3.35. The van der Waals surface area contributed by atoms with E-state index < -0.39 is 11.4 Å². The van der Waals surface area contributed by atoms with Gasteiger partial charge in [0.1, 0.15) is 0 Å². The number of pyridine rings is 1. The number of nitrogens with one attached hydrogen (secondary N) is 2. The van der Waals surface area contributed by atoms with Crippen molar-refractivity contribution in [3.05, 3.63) is 53.2 Å². The summed E-state index contributed by atoms with van der Waals surface area (Å²) in [6.45, 7) is 7.14. The lowest BCUT2D eigenvalue weighted by molar-refractivity contribution is -0.126. The number of ether oxygens (including phenoxy) is 2.